The van der Waals surface area contributed by atoms with Gasteiger partial charge in [-0.2, -0.15) is 0 Å². The second-order valence-electron chi connectivity index (χ2n) is 11.5. The molecule has 1 aliphatic heterocycles. The summed E-state index contributed by atoms with van der Waals surface area (Å²) in [7, 11) is 0. The maximum Gasteiger partial charge on any atom is 0.303 e. The molecule has 0 unspecified atom stereocenters. The average Bonchev–Trinajstić information content (AvgIpc) is 3.35. The Kier molecular flexibility index (Phi) is 12.9. The Morgan fingerprint density at radius 3 is 2.28 bits per heavy atom. The first-order chi connectivity index (χ1) is 22.5. The number of amides is 1. The van der Waals surface area contributed by atoms with E-state index in [0.29, 0.717) is 12.8 Å². The second kappa shape index (κ2) is 17.0. The van der Waals surface area contributed by atoms with E-state index in [4.69, 9.17) is 23.8 Å². The third kappa shape index (κ3) is 10.3. The number of nitrogens with one attached hydrogen (secondary N) is 3. The van der Waals surface area contributed by atoms with Crippen molar-refractivity contribution in [3.8, 4) is 0 Å². The van der Waals surface area contributed by atoms with Crippen LogP contribution in [0.25, 0.3) is 10.9 Å². The number of halogens is 1. The molecule has 1 saturated heterocycles. The van der Waals surface area contributed by atoms with Gasteiger partial charge in [0, 0.05) is 50.3 Å². The fourth-order valence-electron chi connectivity index (χ4n) is 5.49. The first kappa shape index (κ1) is 35.5. The van der Waals surface area contributed by atoms with Crippen molar-refractivity contribution in [3.05, 3.63) is 70.9 Å². The fourth-order valence-corrected chi connectivity index (χ4v) is 5.49. The number of benzene rings is 2. The van der Waals surface area contributed by atoms with E-state index in [1.54, 1.807) is 0 Å². The lowest BCUT2D eigenvalue weighted by Crippen LogP contribution is -2.61. The lowest BCUT2D eigenvalue weighted by Gasteiger charge is -2.41. The van der Waals surface area contributed by atoms with E-state index in [1.807, 2.05) is 18.2 Å². The molecule has 13 heteroatoms. The highest BCUT2D eigenvalue weighted by molar-refractivity contribution is 5.84. The third-order valence-electron chi connectivity index (χ3n) is 7.71. The number of aryl methyl sites for hydroxylation is 2. The first-order valence-corrected chi connectivity index (χ1v) is 15.6. The highest BCUT2D eigenvalue weighted by atomic mass is 19.1. The van der Waals surface area contributed by atoms with Crippen molar-refractivity contribution in [1.82, 2.24) is 15.8 Å². The van der Waals surface area contributed by atoms with Crippen LogP contribution < -0.4 is 10.8 Å². The summed E-state index contributed by atoms with van der Waals surface area (Å²) in [5.41, 5.74) is 8.14. The van der Waals surface area contributed by atoms with Gasteiger partial charge in [0.2, 0.25) is 12.2 Å². The molecule has 1 fully saturated rings. The minimum absolute atomic E-state index is 0.0947. The second-order valence-corrected chi connectivity index (χ2v) is 11.5. The van der Waals surface area contributed by atoms with E-state index in [-0.39, 0.29) is 6.42 Å². The summed E-state index contributed by atoms with van der Waals surface area (Å²) in [5, 5.41) is 4.77. The molecule has 0 spiro atoms. The highest BCUT2D eigenvalue weighted by Crippen LogP contribution is 2.29. The van der Waals surface area contributed by atoms with Crippen LogP contribution in [0.4, 0.5) is 4.39 Å². The van der Waals surface area contributed by atoms with Gasteiger partial charge in [-0.15, -0.1) is 0 Å². The Morgan fingerprint density at radius 2 is 1.57 bits per heavy atom. The van der Waals surface area contributed by atoms with Gasteiger partial charge in [-0.25, -0.2) is 14.7 Å². The van der Waals surface area contributed by atoms with Crippen molar-refractivity contribution in [2.24, 2.45) is 0 Å². The van der Waals surface area contributed by atoms with Crippen molar-refractivity contribution >= 4 is 34.7 Å². The van der Waals surface area contributed by atoms with Gasteiger partial charge >= 0.3 is 17.9 Å². The number of alkyl halides is 1. The predicted molar refractivity (Wildman–Crippen MR) is 168 cm³/mol. The normalized spacial score (nSPS) is 20.8. The molecule has 4 rings (SSSR count). The number of H-pyrrole nitrogens is 1. The van der Waals surface area contributed by atoms with Crippen molar-refractivity contribution in [3.63, 3.8) is 0 Å². The molecule has 3 N–H and O–H groups in total. The largest absolute Gasteiger partial charge is 0.463 e. The predicted octanol–water partition coefficient (Wildman–Crippen LogP) is 3.67. The number of hydrogen-bond donors (Lipinski definition) is 3. The molecule has 2 heterocycles. The molecule has 1 amide bonds. The first-order valence-electron chi connectivity index (χ1n) is 15.6. The molecule has 12 nitrogen and oxygen atoms in total. The Hall–Kier alpha value is -4.33. The lowest BCUT2D eigenvalue weighted by molar-refractivity contribution is -0.309. The minimum atomic E-state index is -2.02. The van der Waals surface area contributed by atoms with Gasteiger partial charge in [0.1, 0.15) is 12.7 Å². The Balaban J connectivity index is 1.22. The molecule has 0 saturated carbocycles. The number of rotatable bonds is 15. The zero-order valence-electron chi connectivity index (χ0n) is 27.0. The molecule has 2 aromatic carbocycles. The summed E-state index contributed by atoms with van der Waals surface area (Å²) in [6.07, 6.45) is -5.99. The smallest absolute Gasteiger partial charge is 0.303 e. The van der Waals surface area contributed by atoms with Gasteiger partial charge < -0.3 is 29.2 Å². The molecular formula is C34H42FN3O9. The van der Waals surface area contributed by atoms with Crippen molar-refractivity contribution in [1.29, 1.82) is 0 Å². The van der Waals surface area contributed by atoms with E-state index in [2.05, 4.69) is 53.0 Å². The molecule has 0 radical (unpaired) electrons. The van der Waals surface area contributed by atoms with Crippen molar-refractivity contribution in [2.75, 3.05) is 13.2 Å². The summed E-state index contributed by atoms with van der Waals surface area (Å²) in [6.45, 7) is 6.44. The maximum atomic E-state index is 15.2. The molecule has 1 aliphatic rings. The van der Waals surface area contributed by atoms with Crippen LogP contribution in [0.3, 0.4) is 0 Å². The van der Waals surface area contributed by atoms with Crippen LogP contribution in [0.5, 0.6) is 0 Å². The Bertz CT molecular complexity index is 1530. The molecule has 0 bridgehead atoms. The topological polar surface area (TPSA) is 154 Å². The van der Waals surface area contributed by atoms with E-state index >= 15 is 4.39 Å². The third-order valence-corrected chi connectivity index (χ3v) is 7.71. The average molecular weight is 656 g/mol. The number of aromatic nitrogens is 1. The number of para-hydroxylation sites is 1. The number of hydroxylamine groups is 1. The van der Waals surface area contributed by atoms with Gasteiger partial charge in [-0.3, -0.25) is 19.2 Å². The summed E-state index contributed by atoms with van der Waals surface area (Å²) in [5.74, 6) is -2.84. The number of fused-ring (bicyclic) bond motifs is 1. The van der Waals surface area contributed by atoms with Crippen LogP contribution in [-0.2, 0) is 62.3 Å². The fraction of sp³-hybridized carbons (Fsp3) is 0.471. The van der Waals surface area contributed by atoms with Gasteiger partial charge in [-0.05, 0) is 55.5 Å². The zero-order valence-corrected chi connectivity index (χ0v) is 27.0. The number of carbonyl (C=O) groups excluding carboxylic acids is 4. The van der Waals surface area contributed by atoms with Crippen LogP contribution in [0.1, 0.15) is 56.0 Å². The lowest BCUT2D eigenvalue weighted by atomic mass is 10.00. The Labute approximate surface area is 272 Å². The van der Waals surface area contributed by atoms with Crippen molar-refractivity contribution < 1.29 is 47.4 Å². The SMILES string of the molecule is CC(=O)OC[C@H]1O[C@@H](ONC(=O)CCCc2ccc(CNCCc3c(C)[nH]c4ccccc34)cc2)[C@H](OC(C)=O)[C@@H](OC(C)=O)[C@H]1F. The number of hydrogen-bond acceptors (Lipinski definition) is 10. The summed E-state index contributed by atoms with van der Waals surface area (Å²) < 4.78 is 35.8. The summed E-state index contributed by atoms with van der Waals surface area (Å²) in [4.78, 5) is 56.0. The zero-order chi connectivity index (χ0) is 33.9. The highest BCUT2D eigenvalue weighted by Gasteiger charge is 2.52. The van der Waals surface area contributed by atoms with Gasteiger partial charge in [0.15, 0.2) is 18.4 Å². The van der Waals surface area contributed by atoms with Crippen LogP contribution in [0.15, 0.2) is 48.5 Å². The molecular weight excluding hydrogens is 613 g/mol. The van der Waals surface area contributed by atoms with Crippen LogP contribution in [0.2, 0.25) is 0 Å². The minimum Gasteiger partial charge on any atom is -0.463 e. The maximum absolute atomic E-state index is 15.2. The van der Waals surface area contributed by atoms with E-state index in [1.165, 1.54) is 16.6 Å². The van der Waals surface area contributed by atoms with Crippen LogP contribution in [-0.4, -0.2) is 72.7 Å². The van der Waals surface area contributed by atoms with Crippen LogP contribution >= 0.6 is 0 Å². The quantitative estimate of drug-likeness (QED) is 0.0957. The summed E-state index contributed by atoms with van der Waals surface area (Å²) >= 11 is 0. The number of carbonyl (C=O) groups is 4. The number of esters is 3. The Morgan fingerprint density at radius 1 is 0.894 bits per heavy atom. The molecule has 1 aromatic heterocycles. The monoisotopic (exact) mass is 655 g/mol. The molecule has 254 valence electrons. The van der Waals surface area contributed by atoms with E-state index < -0.39 is 61.2 Å². The van der Waals surface area contributed by atoms with Gasteiger partial charge in [-0.1, -0.05) is 42.5 Å². The van der Waals surface area contributed by atoms with Gasteiger partial charge in [0.05, 0.1) is 0 Å². The van der Waals surface area contributed by atoms with Crippen molar-refractivity contribution in [2.45, 2.75) is 90.7 Å². The van der Waals surface area contributed by atoms with E-state index in [9.17, 15) is 19.2 Å². The molecule has 5 atom stereocenters. The molecule has 0 aliphatic carbocycles. The standard InChI is InChI=1S/C34H42FN3O9/c1-20-26(27-9-5-6-10-28(27)37-20)16-17-36-18-25-14-12-24(13-15-25)8-7-11-30(42)38-47-34-33(45-23(4)41)32(44-22(3)40)31(35)29(46-34)19-43-21(2)39/h5-6,9-10,12-15,29,31-34,36-37H,7-8,11,16-19H2,1-4H3,(H,38,42)/t29-,31+,32+,33-,34+/m1/s1. The number of ether oxygens (including phenoxy) is 4. The molecule has 47 heavy (non-hydrogen) atoms. The summed E-state index contributed by atoms with van der Waals surface area (Å²) in [6, 6.07) is 16.5. The number of aromatic amines is 1. The molecule has 3 aromatic rings. The van der Waals surface area contributed by atoms with E-state index in [0.717, 1.165) is 56.9 Å². The van der Waals surface area contributed by atoms with Crippen LogP contribution in [0, 0.1) is 6.92 Å². The van der Waals surface area contributed by atoms with Gasteiger partial charge in [0.25, 0.3) is 0 Å².